The standard InChI is InChI=1S/C11H14F7NO3/c1-2-3-6-22-7(20)4-5-19-8(21)9(12,13)10(14,15)11(16,17)18/h2-6H2,1H3,(H,19,21). The van der Waals surface area contributed by atoms with Gasteiger partial charge in [0.1, 0.15) is 0 Å². The van der Waals surface area contributed by atoms with Crippen molar-refractivity contribution in [3.05, 3.63) is 0 Å². The molecule has 11 heteroatoms. The number of carbonyl (C=O) groups excluding carboxylic acids is 2. The number of nitrogens with one attached hydrogen (secondary N) is 1. The van der Waals surface area contributed by atoms with Crippen LogP contribution in [0.1, 0.15) is 26.2 Å². The quantitative estimate of drug-likeness (QED) is 0.420. The van der Waals surface area contributed by atoms with Gasteiger partial charge in [-0.1, -0.05) is 13.3 Å². The molecule has 0 heterocycles. The van der Waals surface area contributed by atoms with Crippen LogP contribution in [0.15, 0.2) is 0 Å². The zero-order chi connectivity index (χ0) is 17.6. The van der Waals surface area contributed by atoms with Gasteiger partial charge in [0, 0.05) is 6.54 Å². The zero-order valence-corrected chi connectivity index (χ0v) is 11.4. The number of ether oxygens (including phenoxy) is 1. The first-order chi connectivity index (χ1) is 9.88. The highest BCUT2D eigenvalue weighted by Crippen LogP contribution is 2.46. The van der Waals surface area contributed by atoms with Gasteiger partial charge in [0.15, 0.2) is 0 Å². The molecule has 0 aliphatic rings. The number of halogens is 7. The molecule has 0 spiro atoms. The highest BCUT2D eigenvalue weighted by Gasteiger charge is 2.76. The molecule has 0 aromatic carbocycles. The number of hydrogen-bond acceptors (Lipinski definition) is 3. The van der Waals surface area contributed by atoms with Crippen LogP contribution in [-0.2, 0) is 14.3 Å². The summed E-state index contributed by atoms with van der Waals surface area (Å²) in [7, 11) is 0. The van der Waals surface area contributed by atoms with Gasteiger partial charge in [-0.15, -0.1) is 0 Å². The van der Waals surface area contributed by atoms with Gasteiger partial charge in [0.2, 0.25) is 0 Å². The van der Waals surface area contributed by atoms with Crippen LogP contribution in [0, 0.1) is 0 Å². The predicted molar refractivity (Wildman–Crippen MR) is 59.4 cm³/mol. The number of unbranched alkanes of at least 4 members (excludes halogenated alkanes) is 1. The molecular formula is C11H14F7NO3. The van der Waals surface area contributed by atoms with Gasteiger partial charge in [-0.05, 0) is 6.42 Å². The number of carbonyl (C=O) groups is 2. The molecule has 0 atom stereocenters. The fourth-order valence-corrected chi connectivity index (χ4v) is 1.11. The summed E-state index contributed by atoms with van der Waals surface area (Å²) in [5.41, 5.74) is 0. The van der Waals surface area contributed by atoms with E-state index in [1.54, 1.807) is 6.92 Å². The summed E-state index contributed by atoms with van der Waals surface area (Å²) < 4.78 is 90.8. The van der Waals surface area contributed by atoms with Crippen molar-refractivity contribution in [1.29, 1.82) is 0 Å². The van der Waals surface area contributed by atoms with Crippen molar-refractivity contribution in [3.8, 4) is 0 Å². The maximum Gasteiger partial charge on any atom is 0.460 e. The molecule has 0 saturated carbocycles. The van der Waals surface area contributed by atoms with E-state index < -0.39 is 42.9 Å². The molecule has 4 nitrogen and oxygen atoms in total. The molecule has 1 N–H and O–H groups in total. The molecule has 0 aliphatic heterocycles. The lowest BCUT2D eigenvalue weighted by Gasteiger charge is -2.26. The molecule has 0 unspecified atom stereocenters. The van der Waals surface area contributed by atoms with Gasteiger partial charge in [-0.25, -0.2) is 0 Å². The molecule has 0 radical (unpaired) electrons. The minimum absolute atomic E-state index is 0.0472. The number of alkyl halides is 7. The third-order valence-corrected chi connectivity index (χ3v) is 2.41. The second-order valence-corrected chi connectivity index (χ2v) is 4.23. The molecule has 22 heavy (non-hydrogen) atoms. The molecule has 0 rings (SSSR count). The van der Waals surface area contributed by atoms with Crippen molar-refractivity contribution in [2.75, 3.05) is 13.2 Å². The maximum absolute atomic E-state index is 12.9. The summed E-state index contributed by atoms with van der Waals surface area (Å²) in [6.45, 7) is 0.996. The third-order valence-electron chi connectivity index (χ3n) is 2.41. The molecule has 0 aromatic heterocycles. The average Bonchev–Trinajstić information content (AvgIpc) is 2.37. The predicted octanol–water partition coefficient (Wildman–Crippen LogP) is 2.67. The van der Waals surface area contributed by atoms with Crippen LogP contribution >= 0.6 is 0 Å². The van der Waals surface area contributed by atoms with Gasteiger partial charge in [0.25, 0.3) is 5.91 Å². The first kappa shape index (κ1) is 20.5. The lowest BCUT2D eigenvalue weighted by atomic mass is 10.1. The summed E-state index contributed by atoms with van der Waals surface area (Å²) in [4.78, 5) is 21.8. The van der Waals surface area contributed by atoms with Gasteiger partial charge in [0.05, 0.1) is 13.0 Å². The highest BCUT2D eigenvalue weighted by atomic mass is 19.4. The van der Waals surface area contributed by atoms with E-state index in [0.717, 1.165) is 5.32 Å². The number of esters is 1. The number of amides is 1. The van der Waals surface area contributed by atoms with Crippen LogP contribution < -0.4 is 5.32 Å². The lowest BCUT2D eigenvalue weighted by Crippen LogP contribution is -2.59. The highest BCUT2D eigenvalue weighted by molar-refractivity contribution is 5.85. The van der Waals surface area contributed by atoms with E-state index in [2.05, 4.69) is 4.74 Å². The number of rotatable bonds is 8. The Balaban J connectivity index is 4.46. The fourth-order valence-electron chi connectivity index (χ4n) is 1.11. The van der Waals surface area contributed by atoms with E-state index in [4.69, 9.17) is 0 Å². The Morgan fingerprint density at radius 2 is 1.59 bits per heavy atom. The second-order valence-electron chi connectivity index (χ2n) is 4.23. The SMILES string of the molecule is CCCCOC(=O)CCNC(=O)C(F)(F)C(F)(F)C(F)(F)F. The third kappa shape index (κ3) is 5.02. The molecule has 0 fully saturated rings. The Morgan fingerprint density at radius 3 is 2.05 bits per heavy atom. The smallest absolute Gasteiger partial charge is 0.460 e. The van der Waals surface area contributed by atoms with E-state index in [1.807, 2.05) is 0 Å². The maximum atomic E-state index is 12.9. The summed E-state index contributed by atoms with van der Waals surface area (Å²) in [5.74, 6) is -16.2. The Kier molecular flexibility index (Phi) is 7.10. The first-order valence-electron chi connectivity index (χ1n) is 6.14. The Bertz CT molecular complexity index is 396. The van der Waals surface area contributed by atoms with Crippen LogP contribution in [0.25, 0.3) is 0 Å². The van der Waals surface area contributed by atoms with Gasteiger partial charge < -0.3 is 10.1 Å². The van der Waals surface area contributed by atoms with Crippen LogP contribution in [0.5, 0.6) is 0 Å². The molecule has 0 bridgehead atoms. The van der Waals surface area contributed by atoms with Crippen molar-refractivity contribution in [3.63, 3.8) is 0 Å². The second kappa shape index (κ2) is 7.63. The van der Waals surface area contributed by atoms with Crippen LogP contribution in [0.2, 0.25) is 0 Å². The molecule has 0 aliphatic carbocycles. The van der Waals surface area contributed by atoms with E-state index in [1.165, 1.54) is 0 Å². The fraction of sp³-hybridized carbons (Fsp3) is 0.818. The summed E-state index contributed by atoms with van der Waals surface area (Å²) in [5, 5.41) is 1.15. The molecule has 0 saturated heterocycles. The summed E-state index contributed by atoms with van der Waals surface area (Å²) in [6, 6.07) is 0. The van der Waals surface area contributed by atoms with Crippen molar-refractivity contribution in [1.82, 2.24) is 5.32 Å². The van der Waals surface area contributed by atoms with Crippen LogP contribution in [-0.4, -0.2) is 43.0 Å². The van der Waals surface area contributed by atoms with Gasteiger partial charge in [-0.2, -0.15) is 30.7 Å². The Hall–Kier alpha value is -1.55. The largest absolute Gasteiger partial charge is 0.466 e. The zero-order valence-electron chi connectivity index (χ0n) is 11.4. The van der Waals surface area contributed by atoms with E-state index in [0.29, 0.717) is 12.8 Å². The summed E-state index contributed by atoms with van der Waals surface area (Å²) in [6.07, 6.45) is -5.98. The molecule has 1 amide bonds. The van der Waals surface area contributed by atoms with Crippen LogP contribution in [0.4, 0.5) is 30.7 Å². The normalized spacial score (nSPS) is 12.9. The minimum atomic E-state index is -6.59. The van der Waals surface area contributed by atoms with Crippen molar-refractivity contribution in [2.24, 2.45) is 0 Å². The summed E-state index contributed by atoms with van der Waals surface area (Å²) >= 11 is 0. The van der Waals surface area contributed by atoms with Crippen molar-refractivity contribution < 1.29 is 45.1 Å². The molecule has 130 valence electrons. The van der Waals surface area contributed by atoms with Crippen molar-refractivity contribution >= 4 is 11.9 Å². The molecular weight excluding hydrogens is 327 g/mol. The van der Waals surface area contributed by atoms with Gasteiger partial charge in [-0.3, -0.25) is 9.59 Å². The number of hydrogen-bond donors (Lipinski definition) is 1. The monoisotopic (exact) mass is 341 g/mol. The van der Waals surface area contributed by atoms with E-state index in [-0.39, 0.29) is 6.61 Å². The Morgan fingerprint density at radius 1 is 1.05 bits per heavy atom. The minimum Gasteiger partial charge on any atom is -0.466 e. The lowest BCUT2D eigenvalue weighted by molar-refractivity contribution is -0.344. The van der Waals surface area contributed by atoms with E-state index >= 15 is 0 Å². The molecule has 0 aromatic rings. The van der Waals surface area contributed by atoms with E-state index in [9.17, 15) is 40.3 Å². The van der Waals surface area contributed by atoms with Gasteiger partial charge >= 0.3 is 24.0 Å². The first-order valence-corrected chi connectivity index (χ1v) is 6.14. The van der Waals surface area contributed by atoms with Crippen molar-refractivity contribution in [2.45, 2.75) is 44.2 Å². The average molecular weight is 341 g/mol. The topological polar surface area (TPSA) is 55.4 Å². The van der Waals surface area contributed by atoms with Crippen LogP contribution in [0.3, 0.4) is 0 Å². The Labute approximate surface area is 121 Å².